The average Bonchev–Trinajstić information content (AvgIpc) is 2.32. The average molecular weight is 216 g/mol. The summed E-state index contributed by atoms with van der Waals surface area (Å²) in [5.74, 6) is 0. The zero-order chi connectivity index (χ0) is 11.5. The highest BCUT2D eigenvalue weighted by Gasteiger charge is 2.22. The molecule has 16 heavy (non-hydrogen) atoms. The van der Waals surface area contributed by atoms with E-state index in [0.29, 0.717) is 12.6 Å². The molecule has 0 spiro atoms. The molecule has 1 aliphatic rings. The van der Waals surface area contributed by atoms with E-state index in [1.54, 1.807) is 0 Å². The van der Waals surface area contributed by atoms with E-state index in [0.717, 1.165) is 12.1 Å². The van der Waals surface area contributed by atoms with Crippen LogP contribution >= 0.6 is 0 Å². The zero-order valence-corrected chi connectivity index (χ0v) is 9.95. The minimum absolute atomic E-state index is 0.575. The van der Waals surface area contributed by atoms with Gasteiger partial charge in [-0.05, 0) is 37.0 Å². The molecule has 0 bridgehead atoms. The molecule has 0 amide bonds. The van der Waals surface area contributed by atoms with Crippen LogP contribution in [0.4, 0.5) is 5.69 Å². The van der Waals surface area contributed by atoms with Crippen molar-refractivity contribution in [3.05, 3.63) is 42.0 Å². The van der Waals surface area contributed by atoms with Gasteiger partial charge in [-0.3, -0.25) is 0 Å². The van der Waals surface area contributed by atoms with Gasteiger partial charge in [0.25, 0.3) is 0 Å². The van der Waals surface area contributed by atoms with Crippen LogP contribution in [0.1, 0.15) is 18.9 Å². The van der Waals surface area contributed by atoms with Crippen molar-refractivity contribution in [1.29, 1.82) is 0 Å². The molecule has 0 saturated carbocycles. The molecule has 1 heterocycles. The molecule has 86 valence electrons. The minimum Gasteiger partial charge on any atom is -0.365 e. The Bertz CT molecular complexity index is 384. The third-order valence-corrected chi connectivity index (χ3v) is 3.35. The number of aryl methyl sites for hydroxylation is 1. The van der Waals surface area contributed by atoms with Crippen molar-refractivity contribution >= 4 is 5.69 Å². The number of anilines is 1. The maximum atomic E-state index is 5.63. The highest BCUT2D eigenvalue weighted by molar-refractivity contribution is 5.57. The summed E-state index contributed by atoms with van der Waals surface area (Å²) in [7, 11) is 0. The van der Waals surface area contributed by atoms with Crippen molar-refractivity contribution in [2.24, 2.45) is 5.73 Å². The van der Waals surface area contributed by atoms with E-state index in [1.165, 1.54) is 24.1 Å². The molecular formula is C14H20N2. The standard InChI is InChI=1S/C14H20N2/c1-11(9-15)10-16-12(2)7-8-13-5-3-4-6-14(13)16/h3-6,12H,1,7-10,15H2,2H3. The number of benzene rings is 1. The molecule has 1 aliphatic heterocycles. The summed E-state index contributed by atoms with van der Waals surface area (Å²) in [6, 6.07) is 9.23. The van der Waals surface area contributed by atoms with Crippen LogP contribution in [0.15, 0.2) is 36.4 Å². The Morgan fingerprint density at radius 3 is 3.00 bits per heavy atom. The first-order valence-corrected chi connectivity index (χ1v) is 5.93. The number of hydrogen-bond acceptors (Lipinski definition) is 2. The highest BCUT2D eigenvalue weighted by atomic mass is 15.2. The smallest absolute Gasteiger partial charge is 0.0404 e. The quantitative estimate of drug-likeness (QED) is 0.786. The molecule has 1 aromatic carbocycles. The summed E-state index contributed by atoms with van der Waals surface area (Å²) < 4.78 is 0. The maximum absolute atomic E-state index is 5.63. The summed E-state index contributed by atoms with van der Waals surface area (Å²) >= 11 is 0. The van der Waals surface area contributed by atoms with Gasteiger partial charge in [0.15, 0.2) is 0 Å². The molecule has 1 unspecified atom stereocenters. The second-order valence-corrected chi connectivity index (χ2v) is 4.60. The van der Waals surface area contributed by atoms with Gasteiger partial charge in [0, 0.05) is 24.8 Å². The van der Waals surface area contributed by atoms with Crippen LogP contribution in [-0.4, -0.2) is 19.1 Å². The van der Waals surface area contributed by atoms with Crippen LogP contribution in [0.25, 0.3) is 0 Å². The number of rotatable bonds is 3. The summed E-state index contributed by atoms with van der Waals surface area (Å²) in [5.41, 5.74) is 9.54. The predicted octanol–water partition coefficient (Wildman–Crippen LogP) is 2.34. The van der Waals surface area contributed by atoms with E-state index in [1.807, 2.05) is 0 Å². The van der Waals surface area contributed by atoms with Crippen molar-refractivity contribution in [3.8, 4) is 0 Å². The SMILES string of the molecule is C=C(CN)CN1c2ccccc2CCC1C. The largest absolute Gasteiger partial charge is 0.365 e. The number of hydrogen-bond donors (Lipinski definition) is 1. The molecule has 0 aromatic heterocycles. The number of para-hydroxylation sites is 1. The minimum atomic E-state index is 0.575. The van der Waals surface area contributed by atoms with Crippen molar-refractivity contribution < 1.29 is 0 Å². The molecule has 2 N–H and O–H groups in total. The van der Waals surface area contributed by atoms with Crippen LogP contribution in [0, 0.1) is 0 Å². The molecule has 0 aliphatic carbocycles. The van der Waals surface area contributed by atoms with Crippen LogP contribution in [-0.2, 0) is 6.42 Å². The maximum Gasteiger partial charge on any atom is 0.0404 e. The van der Waals surface area contributed by atoms with Gasteiger partial charge in [-0.1, -0.05) is 24.8 Å². The lowest BCUT2D eigenvalue weighted by Gasteiger charge is -2.37. The number of nitrogens with two attached hydrogens (primary N) is 1. The topological polar surface area (TPSA) is 29.3 Å². The first-order valence-electron chi connectivity index (χ1n) is 5.93. The molecule has 2 nitrogen and oxygen atoms in total. The van der Waals surface area contributed by atoms with Gasteiger partial charge in [0.1, 0.15) is 0 Å². The van der Waals surface area contributed by atoms with Gasteiger partial charge in [0.05, 0.1) is 0 Å². The normalized spacial score (nSPS) is 19.4. The predicted molar refractivity (Wildman–Crippen MR) is 69.8 cm³/mol. The fraction of sp³-hybridized carbons (Fsp3) is 0.429. The second-order valence-electron chi connectivity index (χ2n) is 4.60. The molecule has 1 atom stereocenters. The second kappa shape index (κ2) is 4.71. The summed E-state index contributed by atoms with van der Waals surface area (Å²) in [4.78, 5) is 2.42. The fourth-order valence-corrected chi connectivity index (χ4v) is 2.31. The lowest BCUT2D eigenvalue weighted by molar-refractivity contribution is 0.576. The lowest BCUT2D eigenvalue weighted by Crippen LogP contribution is -2.39. The van der Waals surface area contributed by atoms with Gasteiger partial charge in [-0.2, -0.15) is 0 Å². The van der Waals surface area contributed by atoms with Gasteiger partial charge in [-0.25, -0.2) is 0 Å². The van der Waals surface area contributed by atoms with E-state index in [9.17, 15) is 0 Å². The third kappa shape index (κ3) is 2.12. The van der Waals surface area contributed by atoms with E-state index >= 15 is 0 Å². The molecule has 0 radical (unpaired) electrons. The third-order valence-electron chi connectivity index (χ3n) is 3.35. The van der Waals surface area contributed by atoms with Crippen molar-refractivity contribution in [3.63, 3.8) is 0 Å². The van der Waals surface area contributed by atoms with Crippen molar-refractivity contribution in [1.82, 2.24) is 0 Å². The number of nitrogens with zero attached hydrogens (tertiary/aromatic N) is 1. The van der Waals surface area contributed by atoms with Gasteiger partial charge in [-0.15, -0.1) is 0 Å². The summed E-state index contributed by atoms with van der Waals surface area (Å²) in [5, 5.41) is 0. The Balaban J connectivity index is 2.26. The van der Waals surface area contributed by atoms with Crippen molar-refractivity contribution in [2.75, 3.05) is 18.0 Å². The molecule has 1 aromatic rings. The van der Waals surface area contributed by atoms with Gasteiger partial charge < -0.3 is 10.6 Å². The van der Waals surface area contributed by atoms with Crippen LogP contribution in [0.5, 0.6) is 0 Å². The van der Waals surface area contributed by atoms with Gasteiger partial charge in [0.2, 0.25) is 0 Å². The molecule has 0 fully saturated rings. The molecular weight excluding hydrogens is 196 g/mol. The van der Waals surface area contributed by atoms with Gasteiger partial charge >= 0.3 is 0 Å². The van der Waals surface area contributed by atoms with E-state index < -0.39 is 0 Å². The van der Waals surface area contributed by atoms with Crippen LogP contribution in [0.2, 0.25) is 0 Å². The van der Waals surface area contributed by atoms with Crippen LogP contribution in [0.3, 0.4) is 0 Å². The Morgan fingerprint density at radius 2 is 2.25 bits per heavy atom. The van der Waals surface area contributed by atoms with Crippen LogP contribution < -0.4 is 10.6 Å². The number of fused-ring (bicyclic) bond motifs is 1. The first-order chi connectivity index (χ1) is 7.72. The van der Waals surface area contributed by atoms with E-state index in [-0.39, 0.29) is 0 Å². The summed E-state index contributed by atoms with van der Waals surface area (Å²) in [6.45, 7) is 7.74. The Morgan fingerprint density at radius 1 is 1.50 bits per heavy atom. The molecule has 0 saturated heterocycles. The highest BCUT2D eigenvalue weighted by Crippen LogP contribution is 2.30. The Hall–Kier alpha value is -1.28. The Labute approximate surface area is 97.8 Å². The lowest BCUT2D eigenvalue weighted by atomic mass is 9.96. The monoisotopic (exact) mass is 216 g/mol. The summed E-state index contributed by atoms with van der Waals surface area (Å²) in [6.07, 6.45) is 2.40. The fourth-order valence-electron chi connectivity index (χ4n) is 2.31. The first kappa shape index (κ1) is 11.2. The van der Waals surface area contributed by atoms with Crippen molar-refractivity contribution in [2.45, 2.75) is 25.8 Å². The Kier molecular flexibility index (Phi) is 3.30. The van der Waals surface area contributed by atoms with E-state index in [2.05, 4.69) is 42.7 Å². The zero-order valence-electron chi connectivity index (χ0n) is 9.95. The molecule has 2 heteroatoms. The molecule has 2 rings (SSSR count). The van der Waals surface area contributed by atoms with E-state index in [4.69, 9.17) is 5.73 Å².